The fraction of sp³-hybridized carbons (Fsp3) is 0.235. The third-order valence-corrected chi connectivity index (χ3v) is 8.62. The van der Waals surface area contributed by atoms with Crippen molar-refractivity contribution in [2.45, 2.75) is 28.2 Å². The number of carbonyl (C=O) groups excluding carboxylic acids is 2. The molecule has 0 spiro atoms. The summed E-state index contributed by atoms with van der Waals surface area (Å²) in [5.41, 5.74) is 2.86. The Labute approximate surface area is 281 Å². The normalized spacial score (nSPS) is 11.5. The zero-order valence-corrected chi connectivity index (χ0v) is 27.7. The van der Waals surface area contributed by atoms with E-state index in [2.05, 4.69) is 17.4 Å². The molecular formula is C34H34N2O9S2. The highest BCUT2D eigenvalue weighted by Gasteiger charge is 2.18. The van der Waals surface area contributed by atoms with E-state index in [-0.39, 0.29) is 37.2 Å². The minimum atomic E-state index is -0.571. The van der Waals surface area contributed by atoms with Crippen LogP contribution < -0.4 is 24.3 Å². The van der Waals surface area contributed by atoms with E-state index in [0.29, 0.717) is 5.75 Å². The monoisotopic (exact) mass is 678 g/mol. The number of esters is 1. The van der Waals surface area contributed by atoms with Crippen molar-refractivity contribution in [3.63, 3.8) is 0 Å². The molecule has 0 bridgehead atoms. The van der Waals surface area contributed by atoms with Crippen LogP contribution in [0.15, 0.2) is 94.7 Å². The topological polar surface area (TPSA) is 135 Å². The number of methoxy groups -OCH3 is 2. The van der Waals surface area contributed by atoms with E-state index in [0.717, 1.165) is 44.0 Å². The number of hydrogen-bond donors (Lipinski definition) is 1. The number of nitro benzene ring substituents is 1. The Morgan fingerprint density at radius 1 is 0.872 bits per heavy atom. The average molecular weight is 679 g/mol. The molecule has 246 valence electrons. The van der Waals surface area contributed by atoms with Crippen molar-refractivity contribution < 1.29 is 38.2 Å². The molecular weight excluding hydrogens is 645 g/mol. The Kier molecular flexibility index (Phi) is 13.2. The summed E-state index contributed by atoms with van der Waals surface area (Å²) < 4.78 is 25.7. The van der Waals surface area contributed by atoms with Gasteiger partial charge in [-0.05, 0) is 66.6 Å². The highest BCUT2D eigenvalue weighted by Crippen LogP contribution is 2.35. The number of nitrogens with zero attached hydrogens (tertiary/aromatic N) is 1. The number of amides is 1. The van der Waals surface area contributed by atoms with Gasteiger partial charge in [0.15, 0.2) is 19.0 Å². The van der Waals surface area contributed by atoms with Crippen molar-refractivity contribution in [3.05, 3.63) is 106 Å². The fourth-order valence-corrected chi connectivity index (χ4v) is 5.87. The van der Waals surface area contributed by atoms with E-state index in [9.17, 15) is 19.7 Å². The Morgan fingerprint density at radius 3 is 2.00 bits per heavy atom. The van der Waals surface area contributed by atoms with Gasteiger partial charge in [-0.15, -0.1) is 23.5 Å². The molecule has 13 heteroatoms. The average Bonchev–Trinajstić information content (AvgIpc) is 3.09. The number of hydrogen-bond acceptors (Lipinski definition) is 11. The van der Waals surface area contributed by atoms with Crippen molar-refractivity contribution in [2.24, 2.45) is 0 Å². The van der Waals surface area contributed by atoms with Gasteiger partial charge in [0.2, 0.25) is 0 Å². The second-order valence-corrected chi connectivity index (χ2v) is 11.8. The maximum Gasteiger partial charge on any atom is 0.344 e. The highest BCUT2D eigenvalue weighted by atomic mass is 32.2. The molecule has 0 fully saturated rings. The smallest absolute Gasteiger partial charge is 0.344 e. The summed E-state index contributed by atoms with van der Waals surface area (Å²) in [7, 11) is 3.27. The number of nitro groups is 1. The summed E-state index contributed by atoms with van der Waals surface area (Å²) in [6.45, 7) is 1.61. The van der Waals surface area contributed by atoms with Gasteiger partial charge in [0, 0.05) is 33.4 Å². The van der Waals surface area contributed by atoms with E-state index in [1.54, 1.807) is 45.0 Å². The van der Waals surface area contributed by atoms with Crippen molar-refractivity contribution >= 4 is 46.8 Å². The lowest BCUT2D eigenvalue weighted by molar-refractivity contribution is -0.385. The molecule has 1 aliphatic heterocycles. The largest absolute Gasteiger partial charge is 0.497 e. The molecule has 4 aromatic rings. The molecule has 1 aliphatic rings. The van der Waals surface area contributed by atoms with E-state index in [1.807, 2.05) is 54.6 Å². The molecule has 0 aliphatic carbocycles. The first-order valence-corrected chi connectivity index (χ1v) is 16.4. The Morgan fingerprint density at radius 2 is 1.45 bits per heavy atom. The fourth-order valence-electron chi connectivity index (χ4n) is 4.11. The van der Waals surface area contributed by atoms with Gasteiger partial charge in [0.25, 0.3) is 5.91 Å². The highest BCUT2D eigenvalue weighted by molar-refractivity contribution is 7.98. The minimum Gasteiger partial charge on any atom is -0.497 e. The van der Waals surface area contributed by atoms with Crippen LogP contribution in [-0.4, -0.2) is 50.8 Å². The van der Waals surface area contributed by atoms with Crippen LogP contribution in [0.1, 0.15) is 18.1 Å². The van der Waals surface area contributed by atoms with E-state index >= 15 is 0 Å². The van der Waals surface area contributed by atoms with Crippen molar-refractivity contribution in [1.29, 1.82) is 0 Å². The van der Waals surface area contributed by atoms with Crippen molar-refractivity contribution in [2.75, 3.05) is 39.4 Å². The Bertz CT molecular complexity index is 1670. The van der Waals surface area contributed by atoms with Gasteiger partial charge in [-0.2, -0.15) is 0 Å². The number of thioether (sulfide) groups is 2. The molecule has 0 saturated heterocycles. The van der Waals surface area contributed by atoms with Crippen LogP contribution in [-0.2, 0) is 25.8 Å². The molecule has 1 N–H and O–H groups in total. The van der Waals surface area contributed by atoms with E-state index < -0.39 is 10.9 Å². The van der Waals surface area contributed by atoms with Gasteiger partial charge in [0.05, 0.1) is 31.4 Å². The van der Waals surface area contributed by atoms with E-state index in [4.69, 9.17) is 23.7 Å². The molecule has 0 unspecified atom stereocenters. The van der Waals surface area contributed by atoms with Gasteiger partial charge >= 0.3 is 11.7 Å². The van der Waals surface area contributed by atoms with Crippen LogP contribution in [0.4, 0.5) is 11.4 Å². The van der Waals surface area contributed by atoms with Crippen LogP contribution in [0.3, 0.4) is 0 Å². The number of nitrogens with one attached hydrogen (secondary N) is 1. The summed E-state index contributed by atoms with van der Waals surface area (Å²) in [5, 5.41) is 13.9. The van der Waals surface area contributed by atoms with Crippen LogP contribution in [0.5, 0.6) is 23.0 Å². The van der Waals surface area contributed by atoms with Crippen LogP contribution in [0, 0.1) is 10.1 Å². The first-order valence-electron chi connectivity index (χ1n) is 14.4. The maximum absolute atomic E-state index is 11.4. The zero-order valence-electron chi connectivity index (χ0n) is 26.1. The molecule has 0 atom stereocenters. The second kappa shape index (κ2) is 17.7. The molecule has 0 aromatic heterocycles. The van der Waals surface area contributed by atoms with Crippen molar-refractivity contribution in [1.82, 2.24) is 0 Å². The van der Waals surface area contributed by atoms with Gasteiger partial charge in [-0.3, -0.25) is 14.9 Å². The van der Waals surface area contributed by atoms with Gasteiger partial charge in [0.1, 0.15) is 17.2 Å². The summed E-state index contributed by atoms with van der Waals surface area (Å²) in [6.07, 6.45) is 0. The van der Waals surface area contributed by atoms with Crippen molar-refractivity contribution in [3.8, 4) is 23.0 Å². The SMILES string of the molecule is CCOC(=O)COc1cc(SCc2ccc(OC)cc2)ccc1[N+](=O)[O-].COc1ccc(CSc2ccc3c(c2)OCC(=O)N3)cc1. The quantitative estimate of drug-likeness (QED) is 0.0668. The summed E-state index contributed by atoms with van der Waals surface area (Å²) in [6, 6.07) is 26.1. The zero-order chi connectivity index (χ0) is 33.6. The van der Waals surface area contributed by atoms with Crippen LogP contribution in [0.2, 0.25) is 0 Å². The summed E-state index contributed by atoms with van der Waals surface area (Å²) in [4.78, 5) is 35.1. The standard InChI is InChI=1S/C18H19NO6S.C16H15NO3S/c1-3-24-18(20)11-25-17-10-15(8-9-16(17)19(21)22)26-12-13-4-6-14(23-2)7-5-13;1-19-12-4-2-11(3-5-12)10-21-13-6-7-14-15(8-13)20-9-16(18)17-14/h4-10H,3,11-12H2,1-2H3;2-8H,9-10H2,1H3,(H,17,18). The van der Waals surface area contributed by atoms with Gasteiger partial charge < -0.3 is 29.0 Å². The molecule has 47 heavy (non-hydrogen) atoms. The molecule has 11 nitrogen and oxygen atoms in total. The molecule has 1 amide bonds. The van der Waals surface area contributed by atoms with E-state index in [1.165, 1.54) is 23.4 Å². The van der Waals surface area contributed by atoms with Gasteiger partial charge in [-0.1, -0.05) is 24.3 Å². The number of benzene rings is 4. The second-order valence-electron chi connectivity index (χ2n) is 9.75. The lowest BCUT2D eigenvalue weighted by Crippen LogP contribution is -2.25. The van der Waals surface area contributed by atoms with Crippen LogP contribution in [0.25, 0.3) is 0 Å². The third-order valence-electron chi connectivity index (χ3n) is 6.49. The molecule has 1 heterocycles. The summed E-state index contributed by atoms with van der Waals surface area (Å²) >= 11 is 3.23. The summed E-state index contributed by atoms with van der Waals surface area (Å²) in [5.74, 6) is 3.29. The van der Waals surface area contributed by atoms with Gasteiger partial charge in [-0.25, -0.2) is 4.79 Å². The number of ether oxygens (including phenoxy) is 5. The first-order chi connectivity index (χ1) is 22.8. The predicted octanol–water partition coefficient (Wildman–Crippen LogP) is 7.16. The lowest BCUT2D eigenvalue weighted by atomic mass is 10.2. The molecule has 0 radical (unpaired) electrons. The first kappa shape index (κ1) is 35.0. The number of rotatable bonds is 13. The maximum atomic E-state index is 11.4. The number of fused-ring (bicyclic) bond motifs is 1. The molecule has 0 saturated carbocycles. The Balaban J connectivity index is 0.000000217. The lowest BCUT2D eigenvalue weighted by Gasteiger charge is -2.18. The number of carbonyl (C=O) groups is 2. The molecule has 5 rings (SSSR count). The molecule has 4 aromatic carbocycles. The predicted molar refractivity (Wildman–Crippen MR) is 181 cm³/mol. The number of anilines is 1. The third kappa shape index (κ3) is 10.9. The van der Waals surface area contributed by atoms with Crippen LogP contribution >= 0.6 is 23.5 Å². The minimum absolute atomic E-state index is 0.0442. The Hall–Kier alpha value is -4.88.